The number of hydrogen-bond donors (Lipinski definition) is 0. The van der Waals surface area contributed by atoms with E-state index in [9.17, 15) is 10.1 Å². The third kappa shape index (κ3) is 2.86. The average Bonchev–Trinajstić information content (AvgIpc) is 3.16. The number of fused-ring (bicyclic) bond motifs is 7. The van der Waals surface area contributed by atoms with Crippen LogP contribution in [0.2, 0.25) is 0 Å². The Balaban J connectivity index is 1.66. The van der Waals surface area contributed by atoms with E-state index in [2.05, 4.69) is 22.8 Å². The Bertz CT molecular complexity index is 1380. The van der Waals surface area contributed by atoms with E-state index < -0.39 is 5.54 Å². The van der Waals surface area contributed by atoms with E-state index in [1.54, 1.807) is 7.11 Å². The van der Waals surface area contributed by atoms with Crippen molar-refractivity contribution in [1.82, 2.24) is 4.57 Å². The van der Waals surface area contributed by atoms with E-state index in [4.69, 9.17) is 9.47 Å². The predicted octanol–water partition coefficient (Wildman–Crippen LogP) is 5.18. The van der Waals surface area contributed by atoms with Crippen molar-refractivity contribution < 1.29 is 14.4 Å². The van der Waals surface area contributed by atoms with Crippen LogP contribution in [0.4, 0.5) is 0 Å². The van der Waals surface area contributed by atoms with Crippen LogP contribution in [0.3, 0.4) is 0 Å². The molecule has 6 heteroatoms. The fraction of sp³-hybridized carbons (Fsp3) is 0.259. The van der Waals surface area contributed by atoms with Crippen LogP contribution in [0.15, 0.2) is 72.8 Å². The van der Waals surface area contributed by atoms with Gasteiger partial charge in [0.2, 0.25) is 0 Å². The van der Waals surface area contributed by atoms with Crippen molar-refractivity contribution in [2.75, 3.05) is 13.7 Å². The smallest absolute Gasteiger partial charge is 0.266 e. The zero-order valence-corrected chi connectivity index (χ0v) is 18.4. The lowest BCUT2D eigenvalue weighted by Crippen LogP contribution is -2.54. The summed E-state index contributed by atoms with van der Waals surface area (Å²) in [4.78, 5) is 12.5. The topological polar surface area (TPSA) is 66.5 Å². The van der Waals surface area contributed by atoms with Crippen molar-refractivity contribution >= 4 is 10.9 Å². The molecule has 0 fully saturated rings. The zero-order chi connectivity index (χ0) is 22.6. The van der Waals surface area contributed by atoms with Gasteiger partial charge in [0.15, 0.2) is 6.61 Å². The highest BCUT2D eigenvalue weighted by Gasteiger charge is 2.59. The lowest BCUT2D eigenvalue weighted by molar-refractivity contribution is -0.579. The Morgan fingerprint density at radius 2 is 1.91 bits per heavy atom. The van der Waals surface area contributed by atoms with Gasteiger partial charge in [-0.1, -0.05) is 48.5 Å². The molecule has 2 atom stereocenters. The quantitative estimate of drug-likeness (QED) is 0.324. The highest BCUT2D eigenvalue weighted by atomic mass is 16.6. The summed E-state index contributed by atoms with van der Waals surface area (Å²) in [7, 11) is 1.65. The standard InChI is InChI=1S/C27H24N2O4/c1-32-19-11-12-22-21(15-19)25-23(28(22)16-18-7-3-2-4-8-18)13-14-27(29(30)31)17-33-24-10-6-5-9-20(24)26(25)27/h2-12,15,26H,13-14,16-17H2,1H3/t26-,27+/m0/s1. The monoisotopic (exact) mass is 440 g/mol. The van der Waals surface area contributed by atoms with Gasteiger partial charge in [0.05, 0.1) is 13.0 Å². The molecular formula is C27H24N2O4. The molecular weight excluding hydrogens is 416 g/mol. The molecule has 0 spiro atoms. The van der Waals surface area contributed by atoms with E-state index in [1.165, 1.54) is 11.3 Å². The Hall–Kier alpha value is -3.80. The van der Waals surface area contributed by atoms with Crippen LogP contribution in [0.25, 0.3) is 10.9 Å². The summed E-state index contributed by atoms with van der Waals surface area (Å²) in [6, 6.07) is 24.2. The molecule has 0 amide bonds. The molecule has 0 N–H and O–H groups in total. The van der Waals surface area contributed by atoms with Crippen LogP contribution in [0.1, 0.15) is 34.7 Å². The summed E-state index contributed by atoms with van der Waals surface area (Å²) < 4.78 is 13.8. The second-order valence-electron chi connectivity index (χ2n) is 8.94. The van der Waals surface area contributed by atoms with Crippen LogP contribution in [-0.2, 0) is 13.0 Å². The molecule has 6 rings (SSSR count). The minimum Gasteiger partial charge on any atom is -0.497 e. The van der Waals surface area contributed by atoms with Gasteiger partial charge in [-0.25, -0.2) is 0 Å². The van der Waals surface area contributed by atoms with Crippen LogP contribution < -0.4 is 9.47 Å². The molecule has 6 nitrogen and oxygen atoms in total. The fourth-order valence-corrected chi connectivity index (χ4v) is 5.73. The average molecular weight is 440 g/mol. The SMILES string of the molecule is COc1ccc2c(c1)c1c(n2Cc2ccccc2)CC[C@@]2([N+](=O)[O-])COc3ccccc3[C@@H]12. The first-order valence-corrected chi connectivity index (χ1v) is 11.2. The maximum absolute atomic E-state index is 12.6. The van der Waals surface area contributed by atoms with E-state index in [0.29, 0.717) is 12.8 Å². The largest absolute Gasteiger partial charge is 0.497 e. The van der Waals surface area contributed by atoms with Crippen molar-refractivity contribution in [1.29, 1.82) is 0 Å². The number of benzene rings is 3. The lowest BCUT2D eigenvalue weighted by Gasteiger charge is -2.41. The number of methoxy groups -OCH3 is 1. The Labute approximate surface area is 191 Å². The first-order valence-electron chi connectivity index (χ1n) is 11.2. The molecule has 4 aromatic rings. The number of para-hydroxylation sites is 1. The van der Waals surface area contributed by atoms with Crippen LogP contribution in [0.5, 0.6) is 11.5 Å². The highest BCUT2D eigenvalue weighted by Crippen LogP contribution is 2.53. The molecule has 0 bridgehead atoms. The Kier molecular flexibility index (Phi) is 4.43. The fourth-order valence-electron chi connectivity index (χ4n) is 5.73. The molecule has 0 radical (unpaired) electrons. The highest BCUT2D eigenvalue weighted by molar-refractivity contribution is 5.89. The summed E-state index contributed by atoms with van der Waals surface area (Å²) >= 11 is 0. The van der Waals surface area contributed by atoms with Crippen LogP contribution in [0, 0.1) is 10.1 Å². The number of nitro groups is 1. The van der Waals surface area contributed by atoms with Crippen molar-refractivity contribution in [3.05, 3.63) is 105 Å². The maximum Gasteiger partial charge on any atom is 0.266 e. The third-order valence-corrected chi connectivity index (χ3v) is 7.30. The summed E-state index contributed by atoms with van der Waals surface area (Å²) in [5.41, 5.74) is 4.19. The van der Waals surface area contributed by atoms with Gasteiger partial charge in [-0.15, -0.1) is 0 Å². The van der Waals surface area contributed by atoms with Crippen LogP contribution >= 0.6 is 0 Å². The van der Waals surface area contributed by atoms with Gasteiger partial charge < -0.3 is 14.0 Å². The molecule has 2 aliphatic rings. The number of hydrogen-bond acceptors (Lipinski definition) is 4. The predicted molar refractivity (Wildman–Crippen MR) is 126 cm³/mol. The summed E-state index contributed by atoms with van der Waals surface area (Å²) in [5.74, 6) is 1.10. The second kappa shape index (κ2) is 7.37. The van der Waals surface area contributed by atoms with Gasteiger partial charge in [-0.2, -0.15) is 0 Å². The van der Waals surface area contributed by atoms with Gasteiger partial charge in [0.25, 0.3) is 5.54 Å². The third-order valence-electron chi connectivity index (χ3n) is 7.30. The number of aromatic nitrogens is 1. The number of rotatable bonds is 4. The first kappa shape index (κ1) is 19.9. The molecule has 0 saturated carbocycles. The van der Waals surface area contributed by atoms with E-state index in [1.807, 2.05) is 54.6 Å². The van der Waals surface area contributed by atoms with Crippen molar-refractivity contribution in [3.8, 4) is 11.5 Å². The molecule has 166 valence electrons. The van der Waals surface area contributed by atoms with Crippen LogP contribution in [-0.4, -0.2) is 28.7 Å². The van der Waals surface area contributed by atoms with Gasteiger partial charge in [-0.05, 0) is 41.8 Å². The molecule has 1 aromatic heterocycles. The van der Waals surface area contributed by atoms with Gasteiger partial charge in [0, 0.05) is 40.0 Å². The molecule has 0 saturated heterocycles. The van der Waals surface area contributed by atoms with E-state index >= 15 is 0 Å². The normalized spacial score (nSPS) is 20.9. The minimum atomic E-state index is -1.18. The van der Waals surface area contributed by atoms with E-state index in [0.717, 1.165) is 40.1 Å². The van der Waals surface area contributed by atoms with Gasteiger partial charge in [0.1, 0.15) is 11.5 Å². The zero-order valence-electron chi connectivity index (χ0n) is 18.4. The first-order chi connectivity index (χ1) is 16.1. The number of nitrogens with zero attached hydrogens (tertiary/aromatic N) is 2. The summed E-state index contributed by atoms with van der Waals surface area (Å²) in [6.07, 6.45) is 1.07. The Morgan fingerprint density at radius 3 is 2.70 bits per heavy atom. The minimum absolute atomic E-state index is 0.0798. The van der Waals surface area contributed by atoms with Crippen molar-refractivity contribution in [3.63, 3.8) is 0 Å². The van der Waals surface area contributed by atoms with Crippen molar-refractivity contribution in [2.45, 2.75) is 30.8 Å². The summed E-state index contributed by atoms with van der Waals surface area (Å²) in [5, 5.41) is 13.6. The van der Waals surface area contributed by atoms with Crippen molar-refractivity contribution in [2.24, 2.45) is 0 Å². The molecule has 2 heterocycles. The van der Waals surface area contributed by atoms with Gasteiger partial charge >= 0.3 is 0 Å². The molecule has 0 unspecified atom stereocenters. The Morgan fingerprint density at radius 1 is 1.12 bits per heavy atom. The molecule has 3 aromatic carbocycles. The maximum atomic E-state index is 12.6. The molecule has 1 aliphatic heterocycles. The number of ether oxygens (including phenoxy) is 2. The molecule has 33 heavy (non-hydrogen) atoms. The van der Waals surface area contributed by atoms with Gasteiger partial charge in [-0.3, -0.25) is 10.1 Å². The second-order valence-corrected chi connectivity index (χ2v) is 8.94. The molecule has 1 aliphatic carbocycles. The van der Waals surface area contributed by atoms with E-state index in [-0.39, 0.29) is 17.4 Å². The summed E-state index contributed by atoms with van der Waals surface area (Å²) in [6.45, 7) is 0.797. The lowest BCUT2D eigenvalue weighted by atomic mass is 9.67.